The number of amides is 1. The van der Waals surface area contributed by atoms with E-state index in [0.29, 0.717) is 48.4 Å². The lowest BCUT2D eigenvalue weighted by atomic mass is 9.81. The highest BCUT2D eigenvalue weighted by molar-refractivity contribution is 5.69. The zero-order chi connectivity index (χ0) is 26.1. The SMILES string of the molecule is Cc1cnc(Nc2ccc(C3CCC(N4CCOC4=O)CC3)cc2)nc1Nc1cccc(C2(O)COC2)n1. The monoisotopic (exact) mass is 516 g/mol. The first-order valence-electron chi connectivity index (χ1n) is 13.2. The molecule has 1 amide bonds. The smallest absolute Gasteiger partial charge is 0.410 e. The summed E-state index contributed by atoms with van der Waals surface area (Å²) in [7, 11) is 0. The number of nitrogens with zero attached hydrogens (tertiary/aromatic N) is 4. The molecule has 0 atom stereocenters. The summed E-state index contributed by atoms with van der Waals surface area (Å²) in [5, 5.41) is 17.1. The molecule has 10 nitrogen and oxygen atoms in total. The molecule has 1 aliphatic carbocycles. The summed E-state index contributed by atoms with van der Waals surface area (Å²) < 4.78 is 10.3. The molecular formula is C28H32N6O4. The van der Waals surface area contributed by atoms with Gasteiger partial charge in [0.1, 0.15) is 18.2 Å². The average molecular weight is 517 g/mol. The molecule has 38 heavy (non-hydrogen) atoms. The van der Waals surface area contributed by atoms with Crippen LogP contribution in [0.15, 0.2) is 48.7 Å². The summed E-state index contributed by atoms with van der Waals surface area (Å²) in [4.78, 5) is 27.4. The predicted molar refractivity (Wildman–Crippen MR) is 142 cm³/mol. The van der Waals surface area contributed by atoms with Gasteiger partial charge in [0.25, 0.3) is 0 Å². The first kappa shape index (κ1) is 24.6. The van der Waals surface area contributed by atoms with E-state index in [1.807, 2.05) is 24.0 Å². The highest BCUT2D eigenvalue weighted by Gasteiger charge is 2.39. The number of aliphatic hydroxyl groups is 1. The molecule has 2 aliphatic heterocycles. The predicted octanol–water partition coefficient (Wildman–Crippen LogP) is 4.36. The van der Waals surface area contributed by atoms with Gasteiger partial charge in [0.05, 0.1) is 25.5 Å². The molecular weight excluding hydrogens is 484 g/mol. The van der Waals surface area contributed by atoms with Gasteiger partial charge in [-0.3, -0.25) is 0 Å². The number of hydrogen-bond acceptors (Lipinski definition) is 9. The van der Waals surface area contributed by atoms with Crippen LogP contribution in [0.3, 0.4) is 0 Å². The van der Waals surface area contributed by atoms with Gasteiger partial charge in [0.15, 0.2) is 5.60 Å². The molecule has 4 heterocycles. The number of cyclic esters (lactones) is 1. The second-order valence-electron chi connectivity index (χ2n) is 10.3. The Morgan fingerprint density at radius 3 is 2.50 bits per heavy atom. The van der Waals surface area contributed by atoms with Crippen LogP contribution >= 0.6 is 0 Å². The normalized spacial score (nSPS) is 22.5. The van der Waals surface area contributed by atoms with Gasteiger partial charge in [-0.1, -0.05) is 18.2 Å². The highest BCUT2D eigenvalue weighted by atomic mass is 16.6. The molecule has 3 aliphatic rings. The topological polar surface area (TPSA) is 122 Å². The molecule has 3 aromatic rings. The number of nitrogens with one attached hydrogen (secondary N) is 2. The number of aromatic nitrogens is 3. The molecule has 0 bridgehead atoms. The van der Waals surface area contributed by atoms with Crippen molar-refractivity contribution >= 4 is 29.4 Å². The summed E-state index contributed by atoms with van der Waals surface area (Å²) in [6, 6.07) is 14.2. The molecule has 0 radical (unpaired) electrons. The largest absolute Gasteiger partial charge is 0.448 e. The first-order valence-corrected chi connectivity index (χ1v) is 13.2. The lowest BCUT2D eigenvalue weighted by Crippen LogP contribution is -2.47. The van der Waals surface area contributed by atoms with Gasteiger partial charge in [-0.25, -0.2) is 14.8 Å². The molecule has 1 aromatic carbocycles. The zero-order valence-corrected chi connectivity index (χ0v) is 21.4. The standard InChI is InChI=1S/C28H32N6O4/c1-18-15-29-26(33-25(18)32-24-4-2-3-23(31-24)28(36)16-37-17-28)30-21-9-5-19(6-10-21)20-7-11-22(12-8-20)34-13-14-38-27(34)35/h2-6,9-10,15,20,22,36H,7-8,11-14,16-17H2,1H3,(H2,29,30,31,32,33). The van der Waals surface area contributed by atoms with Crippen LogP contribution in [0.4, 0.5) is 28.1 Å². The van der Waals surface area contributed by atoms with Gasteiger partial charge in [-0.05, 0) is 68.4 Å². The third kappa shape index (κ3) is 5.01. The Hall–Kier alpha value is -3.76. The number of aryl methyl sites for hydroxylation is 1. The van der Waals surface area contributed by atoms with E-state index in [1.54, 1.807) is 12.3 Å². The number of hydrogen-bond donors (Lipinski definition) is 3. The molecule has 2 saturated heterocycles. The molecule has 6 rings (SSSR count). The Morgan fingerprint density at radius 1 is 1.03 bits per heavy atom. The van der Waals surface area contributed by atoms with Crippen molar-refractivity contribution in [1.82, 2.24) is 19.9 Å². The van der Waals surface area contributed by atoms with Crippen LogP contribution < -0.4 is 10.6 Å². The maximum atomic E-state index is 11.9. The fourth-order valence-electron chi connectivity index (χ4n) is 5.38. The van der Waals surface area contributed by atoms with E-state index in [0.717, 1.165) is 36.9 Å². The highest BCUT2D eigenvalue weighted by Crippen LogP contribution is 2.36. The van der Waals surface area contributed by atoms with Gasteiger partial charge in [-0.2, -0.15) is 4.98 Å². The van der Waals surface area contributed by atoms with Crippen molar-refractivity contribution in [3.63, 3.8) is 0 Å². The summed E-state index contributed by atoms with van der Waals surface area (Å²) in [5.74, 6) is 2.21. The summed E-state index contributed by atoms with van der Waals surface area (Å²) in [5.41, 5.74) is 2.64. The number of pyridine rings is 1. The Morgan fingerprint density at radius 2 is 1.82 bits per heavy atom. The molecule has 0 spiro atoms. The first-order chi connectivity index (χ1) is 18.5. The van der Waals surface area contributed by atoms with Crippen LogP contribution in [0, 0.1) is 6.92 Å². The van der Waals surface area contributed by atoms with Gasteiger partial charge < -0.3 is 30.1 Å². The van der Waals surface area contributed by atoms with Crippen molar-refractivity contribution in [2.24, 2.45) is 0 Å². The Balaban J connectivity index is 1.08. The van der Waals surface area contributed by atoms with Gasteiger partial charge in [-0.15, -0.1) is 0 Å². The van der Waals surface area contributed by atoms with E-state index in [9.17, 15) is 9.90 Å². The Kier molecular flexibility index (Phi) is 6.59. The molecule has 1 saturated carbocycles. The molecule has 0 unspecified atom stereocenters. The van der Waals surface area contributed by atoms with Gasteiger partial charge in [0.2, 0.25) is 5.95 Å². The van der Waals surface area contributed by atoms with Crippen molar-refractivity contribution in [3.8, 4) is 0 Å². The molecule has 10 heteroatoms. The minimum Gasteiger partial charge on any atom is -0.448 e. The van der Waals surface area contributed by atoms with Crippen LogP contribution in [-0.2, 0) is 15.1 Å². The number of ether oxygens (including phenoxy) is 2. The van der Waals surface area contributed by atoms with E-state index in [1.165, 1.54) is 5.56 Å². The molecule has 198 valence electrons. The molecule has 2 aromatic heterocycles. The minimum absolute atomic E-state index is 0.160. The number of rotatable bonds is 7. The van der Waals surface area contributed by atoms with Crippen molar-refractivity contribution in [3.05, 3.63) is 65.5 Å². The lowest BCUT2D eigenvalue weighted by Gasteiger charge is -2.35. The maximum absolute atomic E-state index is 11.9. The average Bonchev–Trinajstić information content (AvgIpc) is 3.36. The van der Waals surface area contributed by atoms with Gasteiger partial charge in [0, 0.05) is 23.5 Å². The number of anilines is 4. The van der Waals surface area contributed by atoms with Crippen molar-refractivity contribution in [2.45, 2.75) is 50.2 Å². The molecule has 3 N–H and O–H groups in total. The van der Waals surface area contributed by atoms with Crippen molar-refractivity contribution in [1.29, 1.82) is 0 Å². The maximum Gasteiger partial charge on any atom is 0.410 e. The fourth-order valence-corrected chi connectivity index (χ4v) is 5.38. The number of carbonyl (C=O) groups is 1. The minimum atomic E-state index is -1.03. The summed E-state index contributed by atoms with van der Waals surface area (Å²) in [6.07, 6.45) is 5.76. The second kappa shape index (κ2) is 10.2. The van der Waals surface area contributed by atoms with Crippen LogP contribution in [0.1, 0.15) is 48.4 Å². The van der Waals surface area contributed by atoms with E-state index in [-0.39, 0.29) is 19.3 Å². The summed E-state index contributed by atoms with van der Waals surface area (Å²) >= 11 is 0. The number of benzene rings is 1. The van der Waals surface area contributed by atoms with E-state index in [4.69, 9.17) is 9.47 Å². The van der Waals surface area contributed by atoms with E-state index in [2.05, 4.69) is 49.9 Å². The van der Waals surface area contributed by atoms with Crippen molar-refractivity contribution < 1.29 is 19.4 Å². The number of carbonyl (C=O) groups excluding carboxylic acids is 1. The molecule has 3 fully saturated rings. The fraction of sp³-hybridized carbons (Fsp3) is 0.429. The van der Waals surface area contributed by atoms with Crippen LogP contribution in [0.5, 0.6) is 0 Å². The quantitative estimate of drug-likeness (QED) is 0.420. The van der Waals surface area contributed by atoms with Crippen LogP contribution in [-0.4, -0.2) is 63.5 Å². The lowest BCUT2D eigenvalue weighted by molar-refractivity contribution is -0.186. The van der Waals surface area contributed by atoms with Crippen LogP contribution in [0.25, 0.3) is 0 Å². The third-order valence-corrected chi connectivity index (χ3v) is 7.69. The Bertz CT molecular complexity index is 1300. The third-order valence-electron chi connectivity index (χ3n) is 7.69. The van der Waals surface area contributed by atoms with E-state index < -0.39 is 5.60 Å². The van der Waals surface area contributed by atoms with Crippen LogP contribution in [0.2, 0.25) is 0 Å². The van der Waals surface area contributed by atoms with Gasteiger partial charge >= 0.3 is 6.09 Å². The second-order valence-corrected chi connectivity index (χ2v) is 10.3. The van der Waals surface area contributed by atoms with E-state index >= 15 is 0 Å². The van der Waals surface area contributed by atoms with Crippen molar-refractivity contribution in [2.75, 3.05) is 37.0 Å². The zero-order valence-electron chi connectivity index (χ0n) is 21.4. The Labute approximate surface area is 221 Å². The summed E-state index contributed by atoms with van der Waals surface area (Å²) in [6.45, 7) is 3.66.